The van der Waals surface area contributed by atoms with Crippen molar-refractivity contribution in [2.75, 3.05) is 19.7 Å². The van der Waals surface area contributed by atoms with Gasteiger partial charge in [0.2, 0.25) is 0 Å². The van der Waals surface area contributed by atoms with Gasteiger partial charge >= 0.3 is 0 Å². The van der Waals surface area contributed by atoms with Crippen LogP contribution in [0.2, 0.25) is 0 Å². The highest BCUT2D eigenvalue weighted by Crippen LogP contribution is 2.37. The molecule has 1 aromatic carbocycles. The number of amides is 1. The van der Waals surface area contributed by atoms with Gasteiger partial charge in [-0.3, -0.25) is 9.78 Å². The number of hydrogen-bond acceptors (Lipinski definition) is 3. The molecule has 0 aliphatic carbocycles. The summed E-state index contributed by atoms with van der Waals surface area (Å²) in [6, 6.07) is 9.85. The van der Waals surface area contributed by atoms with Crippen molar-refractivity contribution in [1.82, 2.24) is 9.88 Å². The normalized spacial score (nSPS) is 27.7. The summed E-state index contributed by atoms with van der Waals surface area (Å²) in [5.74, 6) is 0.665. The topological polar surface area (TPSA) is 42.4 Å². The van der Waals surface area contributed by atoms with E-state index in [9.17, 15) is 4.79 Å². The Labute approximate surface area is 136 Å². The summed E-state index contributed by atoms with van der Waals surface area (Å²) in [6.07, 6.45) is 4.84. The predicted molar refractivity (Wildman–Crippen MR) is 89.3 cm³/mol. The van der Waals surface area contributed by atoms with Gasteiger partial charge in [0, 0.05) is 24.7 Å². The molecule has 2 unspecified atom stereocenters. The lowest BCUT2D eigenvalue weighted by molar-refractivity contribution is -0.0449. The molecule has 0 radical (unpaired) electrons. The number of benzene rings is 1. The molecule has 120 valence electrons. The molecule has 2 aromatic rings. The van der Waals surface area contributed by atoms with Gasteiger partial charge < -0.3 is 9.64 Å². The van der Waals surface area contributed by atoms with Crippen molar-refractivity contribution in [3.63, 3.8) is 0 Å². The molecule has 0 saturated carbocycles. The number of pyridine rings is 1. The number of nitrogens with zero attached hydrogens (tertiary/aromatic N) is 2. The summed E-state index contributed by atoms with van der Waals surface area (Å²) in [7, 11) is 0. The lowest BCUT2D eigenvalue weighted by Crippen LogP contribution is -2.50. The van der Waals surface area contributed by atoms with Crippen LogP contribution < -0.4 is 0 Å². The Morgan fingerprint density at radius 2 is 2.26 bits per heavy atom. The zero-order chi connectivity index (χ0) is 15.9. The molecule has 4 rings (SSSR count). The van der Waals surface area contributed by atoms with Crippen molar-refractivity contribution in [3.05, 3.63) is 42.1 Å². The molecule has 0 bridgehead atoms. The molecule has 1 amide bonds. The Hall–Kier alpha value is -1.94. The predicted octanol–water partition coefficient (Wildman–Crippen LogP) is 3.27. The van der Waals surface area contributed by atoms with Crippen LogP contribution in [-0.4, -0.2) is 41.1 Å². The number of rotatable bonds is 1. The van der Waals surface area contributed by atoms with Gasteiger partial charge in [-0.25, -0.2) is 0 Å². The van der Waals surface area contributed by atoms with Crippen LogP contribution in [0.5, 0.6) is 0 Å². The summed E-state index contributed by atoms with van der Waals surface area (Å²) in [5.41, 5.74) is 1.48. The van der Waals surface area contributed by atoms with Crippen LogP contribution in [-0.2, 0) is 4.74 Å². The average molecular weight is 310 g/mol. The molecule has 1 spiro atoms. The second-order valence-corrected chi connectivity index (χ2v) is 7.05. The van der Waals surface area contributed by atoms with Crippen molar-refractivity contribution < 1.29 is 9.53 Å². The fraction of sp³-hybridized carbons (Fsp3) is 0.474. The molecule has 2 aliphatic heterocycles. The monoisotopic (exact) mass is 310 g/mol. The van der Waals surface area contributed by atoms with Crippen molar-refractivity contribution in [2.45, 2.75) is 31.8 Å². The minimum absolute atomic E-state index is 0.0745. The maximum absolute atomic E-state index is 12.9. The van der Waals surface area contributed by atoms with Crippen LogP contribution in [0.15, 0.2) is 36.5 Å². The van der Waals surface area contributed by atoms with E-state index in [-0.39, 0.29) is 11.5 Å². The van der Waals surface area contributed by atoms with E-state index < -0.39 is 0 Å². The largest absolute Gasteiger partial charge is 0.373 e. The molecule has 4 nitrogen and oxygen atoms in total. The molecular weight excluding hydrogens is 288 g/mol. The highest BCUT2D eigenvalue weighted by molar-refractivity contribution is 5.97. The van der Waals surface area contributed by atoms with Gasteiger partial charge in [0.05, 0.1) is 23.3 Å². The van der Waals surface area contributed by atoms with E-state index >= 15 is 0 Å². The fourth-order valence-corrected chi connectivity index (χ4v) is 4.00. The summed E-state index contributed by atoms with van der Waals surface area (Å²) in [4.78, 5) is 19.3. The first kappa shape index (κ1) is 14.6. The number of piperidine rings is 1. The lowest BCUT2D eigenvalue weighted by Gasteiger charge is -2.39. The van der Waals surface area contributed by atoms with E-state index in [2.05, 4.69) is 11.9 Å². The van der Waals surface area contributed by atoms with Gasteiger partial charge in [-0.1, -0.05) is 25.1 Å². The van der Waals surface area contributed by atoms with Crippen LogP contribution in [0.4, 0.5) is 0 Å². The number of likely N-dealkylation sites (tertiary alicyclic amines) is 1. The summed E-state index contributed by atoms with van der Waals surface area (Å²) < 4.78 is 6.07. The summed E-state index contributed by atoms with van der Waals surface area (Å²) in [6.45, 7) is 4.57. The average Bonchev–Trinajstić information content (AvgIpc) is 2.93. The van der Waals surface area contributed by atoms with Crippen LogP contribution in [0.25, 0.3) is 10.9 Å². The van der Waals surface area contributed by atoms with E-state index in [0.717, 1.165) is 43.3 Å². The minimum atomic E-state index is -0.113. The Balaban J connectivity index is 1.57. The number of hydrogen-bond donors (Lipinski definition) is 0. The van der Waals surface area contributed by atoms with Crippen LogP contribution in [0.1, 0.15) is 36.5 Å². The molecule has 3 heterocycles. The third-order valence-corrected chi connectivity index (χ3v) is 5.06. The third-order valence-electron chi connectivity index (χ3n) is 5.06. The van der Waals surface area contributed by atoms with Gasteiger partial charge in [-0.2, -0.15) is 0 Å². The van der Waals surface area contributed by atoms with Crippen molar-refractivity contribution in [1.29, 1.82) is 0 Å². The maximum Gasteiger partial charge on any atom is 0.255 e. The number of carbonyl (C=O) groups excluding carboxylic acids is 1. The molecule has 2 atom stereocenters. The van der Waals surface area contributed by atoms with E-state index in [0.29, 0.717) is 18.0 Å². The zero-order valence-electron chi connectivity index (χ0n) is 13.5. The molecule has 2 saturated heterocycles. The summed E-state index contributed by atoms with van der Waals surface area (Å²) >= 11 is 0. The highest BCUT2D eigenvalue weighted by atomic mass is 16.5. The van der Waals surface area contributed by atoms with E-state index in [1.54, 1.807) is 6.20 Å². The van der Waals surface area contributed by atoms with Crippen molar-refractivity contribution >= 4 is 16.8 Å². The number of para-hydroxylation sites is 1. The Morgan fingerprint density at radius 1 is 1.39 bits per heavy atom. The van der Waals surface area contributed by atoms with Crippen LogP contribution >= 0.6 is 0 Å². The number of fused-ring (bicyclic) bond motifs is 1. The zero-order valence-corrected chi connectivity index (χ0v) is 13.5. The smallest absolute Gasteiger partial charge is 0.255 e. The molecule has 1 aromatic heterocycles. The van der Waals surface area contributed by atoms with E-state index in [4.69, 9.17) is 4.74 Å². The van der Waals surface area contributed by atoms with Crippen molar-refractivity contribution in [2.24, 2.45) is 5.92 Å². The van der Waals surface area contributed by atoms with E-state index in [1.165, 1.54) is 0 Å². The quantitative estimate of drug-likeness (QED) is 0.812. The number of aromatic nitrogens is 1. The Bertz CT molecular complexity index is 741. The minimum Gasteiger partial charge on any atom is -0.373 e. The van der Waals surface area contributed by atoms with Gasteiger partial charge in [-0.05, 0) is 37.3 Å². The molecule has 0 N–H and O–H groups in total. The standard InChI is InChI=1S/C19H22N2O2/c1-14-10-19(23-12-14)7-4-8-21(13-19)18(22)16-9-15-5-2-3-6-17(15)20-11-16/h2-3,5-6,9,11,14H,4,7-8,10,12-13H2,1H3. The van der Waals surface area contributed by atoms with Crippen molar-refractivity contribution in [3.8, 4) is 0 Å². The third kappa shape index (κ3) is 2.72. The molecule has 4 heteroatoms. The van der Waals surface area contributed by atoms with Gasteiger partial charge in [0.1, 0.15) is 0 Å². The molecular formula is C19H22N2O2. The number of ether oxygens (including phenoxy) is 1. The molecule has 23 heavy (non-hydrogen) atoms. The summed E-state index contributed by atoms with van der Waals surface area (Å²) in [5, 5.41) is 1.01. The van der Waals surface area contributed by atoms with Gasteiger partial charge in [0.15, 0.2) is 0 Å². The highest BCUT2D eigenvalue weighted by Gasteiger charge is 2.43. The SMILES string of the molecule is CC1COC2(CCCN(C(=O)c3cnc4ccccc4c3)C2)C1. The molecule has 2 aliphatic rings. The Kier molecular flexibility index (Phi) is 3.57. The fourth-order valence-electron chi connectivity index (χ4n) is 4.00. The van der Waals surface area contributed by atoms with Crippen LogP contribution in [0.3, 0.4) is 0 Å². The molecule has 2 fully saturated rings. The number of carbonyl (C=O) groups is 1. The lowest BCUT2D eigenvalue weighted by atomic mass is 9.87. The first-order chi connectivity index (χ1) is 11.2. The van der Waals surface area contributed by atoms with Gasteiger partial charge in [0.25, 0.3) is 5.91 Å². The maximum atomic E-state index is 12.9. The second-order valence-electron chi connectivity index (χ2n) is 7.05. The van der Waals surface area contributed by atoms with E-state index in [1.807, 2.05) is 35.2 Å². The Morgan fingerprint density at radius 3 is 3.09 bits per heavy atom. The second kappa shape index (κ2) is 5.60. The first-order valence-electron chi connectivity index (χ1n) is 8.43. The first-order valence-corrected chi connectivity index (χ1v) is 8.43. The van der Waals surface area contributed by atoms with Gasteiger partial charge in [-0.15, -0.1) is 0 Å². The van der Waals surface area contributed by atoms with Crippen LogP contribution in [0, 0.1) is 5.92 Å².